The Morgan fingerprint density at radius 2 is 2.05 bits per heavy atom. The van der Waals surface area contributed by atoms with Crippen molar-refractivity contribution in [3.8, 4) is 5.75 Å². The fraction of sp³-hybridized carbons (Fsp3) is 0.500. The van der Waals surface area contributed by atoms with E-state index in [1.165, 1.54) is 0 Å². The van der Waals surface area contributed by atoms with Gasteiger partial charge in [0.1, 0.15) is 5.75 Å². The second-order valence-electron chi connectivity index (χ2n) is 5.62. The molecule has 0 radical (unpaired) electrons. The van der Waals surface area contributed by atoms with Crippen LogP contribution in [0.2, 0.25) is 0 Å². The molecule has 2 aliphatic rings. The fourth-order valence-electron chi connectivity index (χ4n) is 2.57. The standard InChI is InChI=1S/C16H20N2O3/c1-2-21-14-7-5-13(6-8-14)18-10-11(9-15(18)19)16(20)17-12-3-4-12/h5-8,11-12H,2-4,9-10H2,1H3,(H,17,20)/t11-/m1/s1. The molecule has 2 amide bonds. The Labute approximate surface area is 124 Å². The molecule has 1 aliphatic heterocycles. The van der Waals surface area contributed by atoms with Gasteiger partial charge >= 0.3 is 0 Å². The molecule has 1 aliphatic carbocycles. The molecule has 1 N–H and O–H groups in total. The van der Waals surface area contributed by atoms with E-state index in [1.807, 2.05) is 31.2 Å². The first-order chi connectivity index (χ1) is 10.2. The van der Waals surface area contributed by atoms with E-state index in [0.717, 1.165) is 24.3 Å². The first-order valence-electron chi connectivity index (χ1n) is 7.51. The average Bonchev–Trinajstić information content (AvgIpc) is 3.20. The van der Waals surface area contributed by atoms with Crippen molar-refractivity contribution in [1.82, 2.24) is 5.32 Å². The molecular weight excluding hydrogens is 268 g/mol. The van der Waals surface area contributed by atoms with Crippen LogP contribution in [-0.2, 0) is 9.59 Å². The number of nitrogens with one attached hydrogen (secondary N) is 1. The summed E-state index contributed by atoms with van der Waals surface area (Å²) in [5.74, 6) is 0.579. The number of carbonyl (C=O) groups excluding carboxylic acids is 2. The van der Waals surface area contributed by atoms with E-state index in [1.54, 1.807) is 4.90 Å². The highest BCUT2D eigenvalue weighted by Gasteiger charge is 2.37. The van der Waals surface area contributed by atoms with E-state index >= 15 is 0 Å². The molecule has 112 valence electrons. The van der Waals surface area contributed by atoms with Crippen molar-refractivity contribution < 1.29 is 14.3 Å². The van der Waals surface area contributed by atoms with Crippen LogP contribution < -0.4 is 15.0 Å². The molecule has 1 atom stereocenters. The van der Waals surface area contributed by atoms with Gasteiger partial charge < -0.3 is 15.0 Å². The highest BCUT2D eigenvalue weighted by Crippen LogP contribution is 2.28. The van der Waals surface area contributed by atoms with Crippen LogP contribution in [-0.4, -0.2) is 31.0 Å². The maximum Gasteiger partial charge on any atom is 0.227 e. The Morgan fingerprint density at radius 3 is 2.67 bits per heavy atom. The Kier molecular flexibility index (Phi) is 3.82. The Hall–Kier alpha value is -2.04. The third-order valence-corrected chi connectivity index (χ3v) is 3.88. The molecule has 1 saturated heterocycles. The van der Waals surface area contributed by atoms with E-state index in [4.69, 9.17) is 4.74 Å². The minimum absolute atomic E-state index is 0.00936. The normalized spacial score (nSPS) is 21.5. The third kappa shape index (κ3) is 3.17. The van der Waals surface area contributed by atoms with Crippen LogP contribution >= 0.6 is 0 Å². The number of nitrogens with zero attached hydrogens (tertiary/aromatic N) is 1. The van der Waals surface area contributed by atoms with Crippen molar-refractivity contribution in [2.45, 2.75) is 32.2 Å². The molecule has 1 aromatic carbocycles. The van der Waals surface area contributed by atoms with Crippen LogP contribution in [0.1, 0.15) is 26.2 Å². The van der Waals surface area contributed by atoms with Gasteiger partial charge in [-0.2, -0.15) is 0 Å². The summed E-state index contributed by atoms with van der Waals surface area (Å²) < 4.78 is 5.39. The lowest BCUT2D eigenvalue weighted by Crippen LogP contribution is -2.34. The number of amides is 2. The summed E-state index contributed by atoms with van der Waals surface area (Å²) in [5.41, 5.74) is 0.824. The molecule has 1 heterocycles. The molecule has 5 nitrogen and oxygen atoms in total. The number of benzene rings is 1. The zero-order valence-corrected chi connectivity index (χ0v) is 12.2. The van der Waals surface area contributed by atoms with Crippen LogP contribution in [0.25, 0.3) is 0 Å². The van der Waals surface area contributed by atoms with Gasteiger partial charge in [0.25, 0.3) is 0 Å². The highest BCUT2D eigenvalue weighted by atomic mass is 16.5. The second kappa shape index (κ2) is 5.76. The maximum absolute atomic E-state index is 12.1. The second-order valence-corrected chi connectivity index (χ2v) is 5.62. The molecular formula is C16H20N2O3. The van der Waals surface area contributed by atoms with Crippen LogP contribution in [0.4, 0.5) is 5.69 Å². The van der Waals surface area contributed by atoms with Gasteiger partial charge in [-0.1, -0.05) is 0 Å². The number of ether oxygens (including phenoxy) is 1. The number of rotatable bonds is 5. The monoisotopic (exact) mass is 288 g/mol. The van der Waals surface area contributed by atoms with E-state index in [-0.39, 0.29) is 17.7 Å². The van der Waals surface area contributed by atoms with Crippen molar-refractivity contribution in [2.24, 2.45) is 5.92 Å². The van der Waals surface area contributed by atoms with Gasteiger partial charge in [-0.15, -0.1) is 0 Å². The molecule has 1 saturated carbocycles. The summed E-state index contributed by atoms with van der Waals surface area (Å²) in [4.78, 5) is 25.9. The largest absolute Gasteiger partial charge is 0.494 e. The Morgan fingerprint density at radius 1 is 1.33 bits per heavy atom. The van der Waals surface area contributed by atoms with Gasteiger partial charge in [-0.3, -0.25) is 9.59 Å². The number of hydrogen-bond donors (Lipinski definition) is 1. The van der Waals surface area contributed by atoms with Gasteiger partial charge in [0.15, 0.2) is 0 Å². The summed E-state index contributed by atoms with van der Waals surface area (Å²) in [6, 6.07) is 7.77. The molecule has 0 unspecified atom stereocenters. The summed E-state index contributed by atoms with van der Waals surface area (Å²) in [6.45, 7) is 3.01. The van der Waals surface area contributed by atoms with Gasteiger partial charge in [0.2, 0.25) is 11.8 Å². The van der Waals surface area contributed by atoms with Crippen LogP contribution in [0.5, 0.6) is 5.75 Å². The molecule has 0 bridgehead atoms. The smallest absolute Gasteiger partial charge is 0.227 e. The Bertz CT molecular complexity index is 537. The first kappa shape index (κ1) is 13.9. The molecule has 0 aromatic heterocycles. The van der Waals surface area contributed by atoms with E-state index in [0.29, 0.717) is 25.6 Å². The predicted octanol–water partition coefficient (Wildman–Crippen LogP) is 1.72. The summed E-state index contributed by atoms with van der Waals surface area (Å²) in [6.07, 6.45) is 2.43. The van der Waals surface area contributed by atoms with Crippen LogP contribution in [0, 0.1) is 5.92 Å². The minimum Gasteiger partial charge on any atom is -0.494 e. The van der Waals surface area contributed by atoms with Crippen molar-refractivity contribution in [3.63, 3.8) is 0 Å². The molecule has 1 aromatic rings. The zero-order chi connectivity index (χ0) is 14.8. The molecule has 5 heteroatoms. The van der Waals surface area contributed by atoms with Gasteiger partial charge in [0.05, 0.1) is 12.5 Å². The van der Waals surface area contributed by atoms with Crippen LogP contribution in [0.15, 0.2) is 24.3 Å². The lowest BCUT2D eigenvalue weighted by atomic mass is 10.1. The third-order valence-electron chi connectivity index (χ3n) is 3.88. The predicted molar refractivity (Wildman–Crippen MR) is 79.2 cm³/mol. The van der Waals surface area contributed by atoms with Crippen molar-refractivity contribution >= 4 is 17.5 Å². The van der Waals surface area contributed by atoms with Gasteiger partial charge in [0, 0.05) is 24.7 Å². The van der Waals surface area contributed by atoms with E-state index < -0.39 is 0 Å². The lowest BCUT2D eigenvalue weighted by Gasteiger charge is -2.17. The SMILES string of the molecule is CCOc1ccc(N2C[C@H](C(=O)NC3CC3)CC2=O)cc1. The zero-order valence-electron chi connectivity index (χ0n) is 12.2. The molecule has 0 spiro atoms. The van der Waals surface area contributed by atoms with E-state index in [2.05, 4.69) is 5.32 Å². The first-order valence-corrected chi connectivity index (χ1v) is 7.51. The summed E-state index contributed by atoms with van der Waals surface area (Å²) >= 11 is 0. The molecule has 2 fully saturated rings. The lowest BCUT2D eigenvalue weighted by molar-refractivity contribution is -0.126. The quantitative estimate of drug-likeness (QED) is 0.897. The summed E-state index contributed by atoms with van der Waals surface area (Å²) in [7, 11) is 0. The molecule has 21 heavy (non-hydrogen) atoms. The maximum atomic E-state index is 12.1. The topological polar surface area (TPSA) is 58.6 Å². The number of carbonyl (C=O) groups is 2. The fourth-order valence-corrected chi connectivity index (χ4v) is 2.57. The number of anilines is 1. The van der Waals surface area contributed by atoms with Crippen molar-refractivity contribution in [1.29, 1.82) is 0 Å². The minimum atomic E-state index is -0.232. The molecule has 3 rings (SSSR count). The highest BCUT2D eigenvalue weighted by molar-refractivity contribution is 6.00. The van der Waals surface area contributed by atoms with Crippen LogP contribution in [0.3, 0.4) is 0 Å². The van der Waals surface area contributed by atoms with Crippen molar-refractivity contribution in [3.05, 3.63) is 24.3 Å². The Balaban J connectivity index is 1.64. The van der Waals surface area contributed by atoms with Gasteiger partial charge in [-0.25, -0.2) is 0 Å². The number of hydrogen-bond acceptors (Lipinski definition) is 3. The average molecular weight is 288 g/mol. The van der Waals surface area contributed by atoms with Gasteiger partial charge in [-0.05, 0) is 44.0 Å². The van der Waals surface area contributed by atoms with E-state index in [9.17, 15) is 9.59 Å². The summed E-state index contributed by atoms with van der Waals surface area (Å²) in [5, 5.41) is 2.98. The van der Waals surface area contributed by atoms with Crippen molar-refractivity contribution in [2.75, 3.05) is 18.1 Å².